The zero-order chi connectivity index (χ0) is 18.6. The van der Waals surface area contributed by atoms with Crippen molar-refractivity contribution >= 4 is 11.6 Å². The summed E-state index contributed by atoms with van der Waals surface area (Å²) in [5.74, 6) is -0.195. The maximum absolute atomic E-state index is 12.1. The normalized spacial score (nSPS) is 28.1. The Labute approximate surface area is 154 Å². The molecule has 2 saturated heterocycles. The molecule has 2 N–H and O–H groups in total. The third-order valence-corrected chi connectivity index (χ3v) is 5.61. The molecule has 2 aliphatic heterocycles. The standard InChI is InChI=1S/C19H29N3O4/c1-3-25-14-16(23)21-18(2)8-13-26-19(17(18)24)6-11-22(12-7-19)15-4-9-20-10-5-15/h4-5,9-10,17,24H,3,6-8,11-14H2,1-2H3,(H,21,23)/t17-,18+/m0/s1. The van der Waals surface area contributed by atoms with Gasteiger partial charge in [-0.2, -0.15) is 0 Å². The van der Waals surface area contributed by atoms with Gasteiger partial charge in [-0.25, -0.2) is 0 Å². The van der Waals surface area contributed by atoms with E-state index in [1.54, 1.807) is 12.4 Å². The van der Waals surface area contributed by atoms with Crippen LogP contribution in [0.5, 0.6) is 0 Å². The number of piperidine rings is 1. The molecule has 1 aromatic heterocycles. The lowest BCUT2D eigenvalue weighted by atomic mass is 9.73. The first-order valence-electron chi connectivity index (χ1n) is 9.35. The number of pyridine rings is 1. The Kier molecular flexibility index (Phi) is 5.79. The zero-order valence-electron chi connectivity index (χ0n) is 15.6. The molecule has 1 spiro atoms. The molecule has 0 unspecified atom stereocenters. The predicted octanol–water partition coefficient (Wildman–Crippen LogP) is 1.11. The van der Waals surface area contributed by atoms with Gasteiger partial charge in [-0.05, 0) is 45.2 Å². The molecule has 0 saturated carbocycles. The summed E-state index contributed by atoms with van der Waals surface area (Å²) in [7, 11) is 0. The van der Waals surface area contributed by atoms with E-state index in [2.05, 4.69) is 15.2 Å². The number of anilines is 1. The Morgan fingerprint density at radius 2 is 2.08 bits per heavy atom. The van der Waals surface area contributed by atoms with Gasteiger partial charge in [-0.15, -0.1) is 0 Å². The molecule has 0 aliphatic carbocycles. The van der Waals surface area contributed by atoms with Gasteiger partial charge in [-0.1, -0.05) is 0 Å². The van der Waals surface area contributed by atoms with Crippen molar-refractivity contribution in [1.82, 2.24) is 10.3 Å². The molecule has 2 atom stereocenters. The van der Waals surface area contributed by atoms with Gasteiger partial charge >= 0.3 is 0 Å². The van der Waals surface area contributed by atoms with Crippen LogP contribution in [0.2, 0.25) is 0 Å². The number of hydrogen-bond donors (Lipinski definition) is 2. The van der Waals surface area contributed by atoms with Crippen molar-refractivity contribution in [3.05, 3.63) is 24.5 Å². The van der Waals surface area contributed by atoms with E-state index in [0.29, 0.717) is 32.5 Å². The average molecular weight is 363 g/mol. The molecule has 2 aliphatic rings. The number of carbonyl (C=O) groups is 1. The minimum Gasteiger partial charge on any atom is -0.388 e. The number of hydrogen-bond acceptors (Lipinski definition) is 6. The molecule has 26 heavy (non-hydrogen) atoms. The average Bonchev–Trinajstić information content (AvgIpc) is 2.66. The lowest BCUT2D eigenvalue weighted by molar-refractivity contribution is -0.198. The topological polar surface area (TPSA) is 83.9 Å². The lowest BCUT2D eigenvalue weighted by Gasteiger charge is -2.53. The summed E-state index contributed by atoms with van der Waals surface area (Å²) in [5.41, 5.74) is -0.186. The molecular weight excluding hydrogens is 334 g/mol. The number of carbonyl (C=O) groups excluding carboxylic acids is 1. The predicted molar refractivity (Wildman–Crippen MR) is 98.0 cm³/mol. The molecule has 3 rings (SSSR count). The summed E-state index contributed by atoms with van der Waals surface area (Å²) in [6.07, 6.45) is 4.84. The molecule has 7 nitrogen and oxygen atoms in total. The van der Waals surface area contributed by atoms with Crippen LogP contribution in [0.25, 0.3) is 0 Å². The van der Waals surface area contributed by atoms with E-state index in [4.69, 9.17) is 9.47 Å². The number of amides is 1. The van der Waals surface area contributed by atoms with Crippen LogP contribution in [0.1, 0.15) is 33.1 Å². The summed E-state index contributed by atoms with van der Waals surface area (Å²) in [5, 5.41) is 14.1. The van der Waals surface area contributed by atoms with Crippen molar-refractivity contribution in [1.29, 1.82) is 0 Å². The van der Waals surface area contributed by atoms with E-state index in [0.717, 1.165) is 18.8 Å². The molecule has 1 amide bonds. The Bertz CT molecular complexity index is 604. The summed E-state index contributed by atoms with van der Waals surface area (Å²) < 4.78 is 11.3. The third kappa shape index (κ3) is 3.84. The monoisotopic (exact) mass is 363 g/mol. The number of aliphatic hydroxyl groups is 1. The van der Waals surface area contributed by atoms with Crippen LogP contribution in [-0.2, 0) is 14.3 Å². The summed E-state index contributed by atoms with van der Waals surface area (Å²) >= 11 is 0. The van der Waals surface area contributed by atoms with Gasteiger partial charge < -0.3 is 24.8 Å². The second-order valence-corrected chi connectivity index (χ2v) is 7.36. The number of aromatic nitrogens is 1. The highest BCUT2D eigenvalue weighted by molar-refractivity contribution is 5.78. The van der Waals surface area contributed by atoms with E-state index in [1.807, 2.05) is 26.0 Å². The maximum atomic E-state index is 12.1. The Morgan fingerprint density at radius 3 is 2.73 bits per heavy atom. The fraction of sp³-hybridized carbons (Fsp3) is 0.684. The Hall–Kier alpha value is -1.70. The van der Waals surface area contributed by atoms with Gasteiger partial charge in [0.15, 0.2) is 0 Å². The molecule has 1 aromatic rings. The quantitative estimate of drug-likeness (QED) is 0.815. The van der Waals surface area contributed by atoms with Crippen molar-refractivity contribution < 1.29 is 19.4 Å². The first kappa shape index (κ1) is 19.1. The summed E-state index contributed by atoms with van der Waals surface area (Å²) in [6, 6.07) is 3.99. The van der Waals surface area contributed by atoms with Crippen LogP contribution in [0.3, 0.4) is 0 Å². The highest BCUT2D eigenvalue weighted by atomic mass is 16.5. The fourth-order valence-electron chi connectivity index (χ4n) is 4.06. The first-order chi connectivity index (χ1) is 12.5. The molecule has 0 radical (unpaired) electrons. The Morgan fingerprint density at radius 1 is 1.38 bits per heavy atom. The second kappa shape index (κ2) is 7.90. The minimum atomic E-state index is -0.756. The largest absolute Gasteiger partial charge is 0.388 e. The Balaban J connectivity index is 1.66. The second-order valence-electron chi connectivity index (χ2n) is 7.36. The van der Waals surface area contributed by atoms with E-state index in [-0.39, 0.29) is 12.5 Å². The first-order valence-corrected chi connectivity index (χ1v) is 9.35. The van der Waals surface area contributed by atoms with Crippen molar-refractivity contribution in [3.8, 4) is 0 Å². The van der Waals surface area contributed by atoms with Crippen LogP contribution in [0, 0.1) is 0 Å². The molecule has 0 bridgehead atoms. The number of aliphatic hydroxyl groups excluding tert-OH is 1. The van der Waals surface area contributed by atoms with Gasteiger partial charge in [0.25, 0.3) is 0 Å². The zero-order valence-corrected chi connectivity index (χ0v) is 15.6. The number of nitrogens with one attached hydrogen (secondary N) is 1. The highest BCUT2D eigenvalue weighted by Gasteiger charge is 2.53. The van der Waals surface area contributed by atoms with Crippen LogP contribution in [0.15, 0.2) is 24.5 Å². The van der Waals surface area contributed by atoms with Gasteiger partial charge in [0.05, 0.1) is 11.1 Å². The van der Waals surface area contributed by atoms with Crippen LogP contribution in [-0.4, -0.2) is 66.2 Å². The number of rotatable bonds is 5. The SMILES string of the molecule is CCOCC(=O)N[C@]1(C)CCOC2(CCN(c3ccncc3)CC2)[C@H]1O. The molecule has 144 valence electrons. The van der Waals surface area contributed by atoms with Gasteiger partial charge in [0.2, 0.25) is 5.91 Å². The smallest absolute Gasteiger partial charge is 0.246 e. The maximum Gasteiger partial charge on any atom is 0.246 e. The van der Waals surface area contributed by atoms with Crippen LogP contribution >= 0.6 is 0 Å². The summed E-state index contributed by atoms with van der Waals surface area (Å²) in [4.78, 5) is 18.5. The number of nitrogens with zero attached hydrogens (tertiary/aromatic N) is 2. The summed E-state index contributed by atoms with van der Waals surface area (Å²) in [6.45, 7) is 6.38. The molecule has 3 heterocycles. The lowest BCUT2D eigenvalue weighted by Crippen LogP contribution is -2.69. The van der Waals surface area contributed by atoms with Crippen LogP contribution < -0.4 is 10.2 Å². The molecule has 7 heteroatoms. The number of ether oxygens (including phenoxy) is 2. The van der Waals surface area contributed by atoms with Gasteiger partial charge in [0, 0.05) is 44.4 Å². The van der Waals surface area contributed by atoms with Crippen molar-refractivity contribution in [2.24, 2.45) is 0 Å². The molecule has 2 fully saturated rings. The van der Waals surface area contributed by atoms with Crippen molar-refractivity contribution in [3.63, 3.8) is 0 Å². The molecule has 0 aromatic carbocycles. The van der Waals surface area contributed by atoms with E-state index in [9.17, 15) is 9.90 Å². The van der Waals surface area contributed by atoms with Gasteiger partial charge in [-0.3, -0.25) is 9.78 Å². The fourth-order valence-corrected chi connectivity index (χ4v) is 4.06. The van der Waals surface area contributed by atoms with Crippen molar-refractivity contribution in [2.75, 3.05) is 37.8 Å². The van der Waals surface area contributed by atoms with E-state index in [1.165, 1.54) is 0 Å². The molecular formula is C19H29N3O4. The minimum absolute atomic E-state index is 0.0164. The highest BCUT2D eigenvalue weighted by Crippen LogP contribution is 2.40. The van der Waals surface area contributed by atoms with Crippen LogP contribution in [0.4, 0.5) is 5.69 Å². The third-order valence-electron chi connectivity index (χ3n) is 5.61. The van der Waals surface area contributed by atoms with E-state index >= 15 is 0 Å². The van der Waals surface area contributed by atoms with E-state index < -0.39 is 17.2 Å². The van der Waals surface area contributed by atoms with Crippen molar-refractivity contribution in [2.45, 2.75) is 50.4 Å². The van der Waals surface area contributed by atoms with Gasteiger partial charge in [0.1, 0.15) is 12.7 Å².